The van der Waals surface area contributed by atoms with Gasteiger partial charge in [-0.3, -0.25) is 14.8 Å². The highest BCUT2D eigenvalue weighted by Gasteiger charge is 2.23. The van der Waals surface area contributed by atoms with E-state index in [9.17, 15) is 4.79 Å². The van der Waals surface area contributed by atoms with Crippen molar-refractivity contribution in [3.05, 3.63) is 58.9 Å². The van der Waals surface area contributed by atoms with Crippen molar-refractivity contribution in [3.63, 3.8) is 0 Å². The Bertz CT molecular complexity index is 782. The highest BCUT2D eigenvalue weighted by Crippen LogP contribution is 2.27. The van der Waals surface area contributed by atoms with Crippen LogP contribution >= 0.6 is 0 Å². The number of benzodiazepines with no additional fused rings is 1. The van der Waals surface area contributed by atoms with E-state index in [1.54, 1.807) is 6.21 Å². The van der Waals surface area contributed by atoms with E-state index in [2.05, 4.69) is 16.0 Å². The summed E-state index contributed by atoms with van der Waals surface area (Å²) in [7, 11) is 0. The van der Waals surface area contributed by atoms with Gasteiger partial charge in [-0.2, -0.15) is 0 Å². The number of aliphatic imine (C=N–C) groups is 1. The zero-order valence-electron chi connectivity index (χ0n) is 13.0. The van der Waals surface area contributed by atoms with Crippen molar-refractivity contribution in [3.8, 4) is 0 Å². The van der Waals surface area contributed by atoms with Crippen LogP contribution < -0.4 is 4.90 Å². The van der Waals surface area contributed by atoms with Gasteiger partial charge in [0.1, 0.15) is 6.54 Å². The van der Waals surface area contributed by atoms with Gasteiger partial charge in [0.15, 0.2) is 0 Å². The van der Waals surface area contributed by atoms with Crippen molar-refractivity contribution in [1.29, 1.82) is 0 Å². The number of benzene rings is 1. The van der Waals surface area contributed by atoms with E-state index >= 15 is 0 Å². The number of anilines is 1. The standard InChI is InChI=1S/C19H19N3O/c23-19-12-20-11-15-6-2-4-8-18(15)22(19)13-17-16-7-3-1-5-14(16)9-10-21-17/h2,4,6,8-11H,1,3,5,7,12-13H2. The van der Waals surface area contributed by atoms with Crippen LogP contribution in [0, 0.1) is 0 Å². The Hall–Kier alpha value is -2.49. The Labute approximate surface area is 135 Å². The molecule has 4 rings (SSSR count). The summed E-state index contributed by atoms with van der Waals surface area (Å²) in [6.07, 6.45) is 8.32. The topological polar surface area (TPSA) is 45.6 Å². The molecule has 1 aliphatic carbocycles. The summed E-state index contributed by atoms with van der Waals surface area (Å²) in [5.74, 6) is 0.0291. The number of fused-ring (bicyclic) bond motifs is 2. The molecule has 2 aromatic rings. The monoisotopic (exact) mass is 305 g/mol. The molecule has 0 fully saturated rings. The first kappa shape index (κ1) is 14.1. The second-order valence-corrected chi connectivity index (χ2v) is 6.11. The van der Waals surface area contributed by atoms with Gasteiger partial charge in [-0.15, -0.1) is 0 Å². The minimum Gasteiger partial charge on any atom is -0.304 e. The van der Waals surface area contributed by atoms with Gasteiger partial charge in [-0.25, -0.2) is 0 Å². The lowest BCUT2D eigenvalue weighted by Crippen LogP contribution is -2.33. The van der Waals surface area contributed by atoms with Crippen LogP contribution in [-0.2, 0) is 24.2 Å². The van der Waals surface area contributed by atoms with Crippen molar-refractivity contribution in [2.45, 2.75) is 32.2 Å². The number of hydrogen-bond acceptors (Lipinski definition) is 3. The molecule has 4 nitrogen and oxygen atoms in total. The number of hydrogen-bond donors (Lipinski definition) is 0. The predicted molar refractivity (Wildman–Crippen MR) is 91.0 cm³/mol. The number of aromatic nitrogens is 1. The molecule has 0 radical (unpaired) electrons. The molecule has 0 unspecified atom stereocenters. The fraction of sp³-hybridized carbons (Fsp3) is 0.316. The maximum absolute atomic E-state index is 12.5. The second-order valence-electron chi connectivity index (χ2n) is 6.11. The molecule has 2 aliphatic rings. The van der Waals surface area contributed by atoms with Crippen LogP contribution in [0.5, 0.6) is 0 Å². The minimum absolute atomic E-state index is 0.0291. The van der Waals surface area contributed by atoms with E-state index in [1.807, 2.05) is 35.4 Å². The first-order chi connectivity index (χ1) is 11.3. The summed E-state index contributed by atoms with van der Waals surface area (Å²) in [6.45, 7) is 0.728. The van der Waals surface area contributed by atoms with Crippen LogP contribution in [0.15, 0.2) is 41.5 Å². The number of carbonyl (C=O) groups is 1. The Balaban J connectivity index is 1.73. The number of para-hydroxylation sites is 1. The number of carbonyl (C=O) groups excluding carboxylic acids is 1. The van der Waals surface area contributed by atoms with Gasteiger partial charge >= 0.3 is 0 Å². The number of amides is 1. The lowest BCUT2D eigenvalue weighted by atomic mass is 9.91. The van der Waals surface area contributed by atoms with Gasteiger partial charge in [0.05, 0.1) is 17.9 Å². The SMILES string of the molecule is O=C1CN=Cc2ccccc2N1Cc1nccc2c1CCCC2. The molecular formula is C19H19N3O. The maximum atomic E-state index is 12.5. The molecule has 0 saturated carbocycles. The molecule has 1 aromatic heterocycles. The zero-order chi connectivity index (χ0) is 15.6. The van der Waals surface area contributed by atoms with Crippen molar-refractivity contribution in [1.82, 2.24) is 4.98 Å². The van der Waals surface area contributed by atoms with E-state index in [0.29, 0.717) is 6.54 Å². The van der Waals surface area contributed by atoms with Gasteiger partial charge < -0.3 is 4.90 Å². The van der Waals surface area contributed by atoms with E-state index in [0.717, 1.165) is 29.8 Å². The molecule has 0 atom stereocenters. The van der Waals surface area contributed by atoms with Crippen LogP contribution in [0.2, 0.25) is 0 Å². The summed E-state index contributed by atoms with van der Waals surface area (Å²) in [5, 5.41) is 0. The zero-order valence-corrected chi connectivity index (χ0v) is 13.0. The maximum Gasteiger partial charge on any atom is 0.249 e. The Morgan fingerprint density at radius 2 is 1.96 bits per heavy atom. The molecule has 0 bridgehead atoms. The fourth-order valence-corrected chi connectivity index (χ4v) is 3.48. The van der Waals surface area contributed by atoms with E-state index in [4.69, 9.17) is 0 Å². The average molecular weight is 305 g/mol. The van der Waals surface area contributed by atoms with Crippen LogP contribution in [0.4, 0.5) is 5.69 Å². The lowest BCUT2D eigenvalue weighted by molar-refractivity contribution is -0.117. The molecule has 1 amide bonds. The molecular weight excluding hydrogens is 286 g/mol. The first-order valence-corrected chi connectivity index (χ1v) is 8.18. The van der Waals surface area contributed by atoms with Gasteiger partial charge in [0.2, 0.25) is 5.91 Å². The van der Waals surface area contributed by atoms with Crippen LogP contribution in [0.25, 0.3) is 0 Å². The third-order valence-electron chi connectivity index (χ3n) is 4.66. The third-order valence-corrected chi connectivity index (χ3v) is 4.66. The summed E-state index contributed by atoms with van der Waals surface area (Å²) in [5.41, 5.74) is 5.69. The number of nitrogens with zero attached hydrogens (tertiary/aromatic N) is 3. The summed E-state index contributed by atoms with van der Waals surface area (Å²) in [4.78, 5) is 23.2. The molecule has 1 aromatic carbocycles. The first-order valence-electron chi connectivity index (χ1n) is 8.18. The minimum atomic E-state index is 0.0291. The summed E-state index contributed by atoms with van der Waals surface area (Å²) >= 11 is 0. The molecule has 0 spiro atoms. The van der Waals surface area contributed by atoms with E-state index < -0.39 is 0 Å². The smallest absolute Gasteiger partial charge is 0.249 e. The van der Waals surface area contributed by atoms with Crippen molar-refractivity contribution in [2.75, 3.05) is 11.4 Å². The van der Waals surface area contributed by atoms with E-state index in [-0.39, 0.29) is 12.5 Å². The van der Waals surface area contributed by atoms with Gasteiger partial charge in [0.25, 0.3) is 0 Å². The van der Waals surface area contributed by atoms with Gasteiger partial charge in [-0.05, 0) is 48.9 Å². The number of aryl methyl sites for hydroxylation is 1. The summed E-state index contributed by atoms with van der Waals surface area (Å²) in [6, 6.07) is 10.0. The Morgan fingerprint density at radius 1 is 1.09 bits per heavy atom. The van der Waals surface area contributed by atoms with Crippen LogP contribution in [0.1, 0.15) is 35.2 Å². The van der Waals surface area contributed by atoms with E-state index in [1.165, 1.54) is 24.0 Å². The molecule has 116 valence electrons. The van der Waals surface area contributed by atoms with Crippen molar-refractivity contribution < 1.29 is 4.79 Å². The molecule has 2 heterocycles. The van der Waals surface area contributed by atoms with Crippen molar-refractivity contribution in [2.24, 2.45) is 4.99 Å². The van der Waals surface area contributed by atoms with Gasteiger partial charge in [0, 0.05) is 18.0 Å². The molecule has 0 saturated heterocycles. The van der Waals surface area contributed by atoms with Crippen molar-refractivity contribution >= 4 is 17.8 Å². The average Bonchev–Trinajstić information content (AvgIpc) is 2.75. The molecule has 0 N–H and O–H groups in total. The quantitative estimate of drug-likeness (QED) is 0.856. The third kappa shape index (κ3) is 2.65. The Kier molecular flexibility index (Phi) is 3.66. The number of pyridine rings is 1. The largest absolute Gasteiger partial charge is 0.304 e. The molecule has 4 heteroatoms. The number of rotatable bonds is 2. The van der Waals surface area contributed by atoms with Crippen LogP contribution in [-0.4, -0.2) is 23.7 Å². The molecule has 1 aliphatic heterocycles. The Morgan fingerprint density at radius 3 is 2.91 bits per heavy atom. The van der Waals surface area contributed by atoms with Crippen LogP contribution in [0.3, 0.4) is 0 Å². The predicted octanol–water partition coefficient (Wildman–Crippen LogP) is 2.93. The highest BCUT2D eigenvalue weighted by atomic mass is 16.2. The highest BCUT2D eigenvalue weighted by molar-refractivity contribution is 6.03. The lowest BCUT2D eigenvalue weighted by Gasteiger charge is -2.25. The van der Waals surface area contributed by atoms with Gasteiger partial charge in [-0.1, -0.05) is 18.2 Å². The molecule has 23 heavy (non-hydrogen) atoms. The fourth-order valence-electron chi connectivity index (χ4n) is 3.48. The summed E-state index contributed by atoms with van der Waals surface area (Å²) < 4.78 is 0. The normalized spacial score (nSPS) is 16.7. The second kappa shape index (κ2) is 5.95.